The molecule has 0 aliphatic heterocycles. The highest BCUT2D eigenvalue weighted by atomic mass is 16.4. The summed E-state index contributed by atoms with van der Waals surface area (Å²) in [4.78, 5) is 15.7. The predicted molar refractivity (Wildman–Crippen MR) is 81.6 cm³/mol. The van der Waals surface area contributed by atoms with E-state index in [4.69, 9.17) is 0 Å². The van der Waals surface area contributed by atoms with Crippen LogP contribution in [0.25, 0.3) is 5.52 Å². The maximum Gasteiger partial charge on any atom is 0.311 e. The quantitative estimate of drug-likeness (QED) is 0.855. The molecule has 21 heavy (non-hydrogen) atoms. The Bertz CT molecular complexity index is 650. The first-order valence-corrected chi connectivity index (χ1v) is 7.19. The second kappa shape index (κ2) is 5.71. The zero-order valence-corrected chi connectivity index (χ0v) is 12.9. The van der Waals surface area contributed by atoms with Gasteiger partial charge in [0.15, 0.2) is 5.82 Å². The van der Waals surface area contributed by atoms with E-state index < -0.39 is 11.4 Å². The molecule has 0 amide bonds. The summed E-state index contributed by atoms with van der Waals surface area (Å²) in [7, 11) is 0. The minimum Gasteiger partial charge on any atom is -0.481 e. The van der Waals surface area contributed by atoms with Crippen LogP contribution in [0.4, 0.5) is 5.82 Å². The van der Waals surface area contributed by atoms with Crippen LogP contribution in [-0.4, -0.2) is 32.2 Å². The molecule has 0 saturated heterocycles. The Hall–Kier alpha value is -2.11. The Morgan fingerprint density at radius 1 is 1.52 bits per heavy atom. The molecule has 0 spiro atoms. The molecular weight excluding hydrogens is 268 g/mol. The lowest BCUT2D eigenvalue weighted by molar-refractivity contribution is -0.147. The van der Waals surface area contributed by atoms with Crippen LogP contribution in [-0.2, 0) is 4.79 Å². The maximum absolute atomic E-state index is 11.4. The van der Waals surface area contributed by atoms with E-state index in [0.717, 1.165) is 11.2 Å². The summed E-state index contributed by atoms with van der Waals surface area (Å²) in [6, 6.07) is 1.99. The van der Waals surface area contributed by atoms with Gasteiger partial charge in [-0.2, -0.15) is 5.10 Å². The van der Waals surface area contributed by atoms with E-state index >= 15 is 0 Å². The summed E-state index contributed by atoms with van der Waals surface area (Å²) < 4.78 is 1.77. The number of fused-ring (bicyclic) bond motifs is 1. The van der Waals surface area contributed by atoms with Gasteiger partial charge in [0.05, 0.1) is 11.1 Å². The molecule has 1 atom stereocenters. The Kier molecular flexibility index (Phi) is 4.16. The van der Waals surface area contributed by atoms with Crippen LogP contribution in [0.1, 0.15) is 45.7 Å². The SMILES string of the molecule is CCC(C)(CNc1nccn2nc(C(C)C)cc12)C(=O)O. The highest BCUT2D eigenvalue weighted by Gasteiger charge is 2.31. The summed E-state index contributed by atoms with van der Waals surface area (Å²) in [5.41, 5.74) is 1.04. The Labute approximate surface area is 124 Å². The van der Waals surface area contributed by atoms with E-state index in [-0.39, 0.29) is 0 Å². The van der Waals surface area contributed by atoms with Crippen molar-refractivity contribution in [2.75, 3.05) is 11.9 Å². The van der Waals surface area contributed by atoms with Gasteiger partial charge in [-0.25, -0.2) is 9.50 Å². The first-order valence-electron chi connectivity index (χ1n) is 7.19. The first kappa shape index (κ1) is 15.3. The fourth-order valence-corrected chi connectivity index (χ4v) is 1.99. The molecule has 1 unspecified atom stereocenters. The summed E-state index contributed by atoms with van der Waals surface area (Å²) in [6.45, 7) is 8.10. The van der Waals surface area contributed by atoms with Crippen LogP contribution in [0, 0.1) is 5.41 Å². The predicted octanol–water partition coefficient (Wildman–Crippen LogP) is 2.77. The molecule has 6 heteroatoms. The van der Waals surface area contributed by atoms with Crippen molar-refractivity contribution < 1.29 is 9.90 Å². The average Bonchev–Trinajstić information content (AvgIpc) is 2.89. The highest BCUT2D eigenvalue weighted by Crippen LogP contribution is 2.24. The normalized spacial score (nSPS) is 14.3. The van der Waals surface area contributed by atoms with Gasteiger partial charge in [-0.1, -0.05) is 20.8 Å². The Balaban J connectivity index is 2.28. The van der Waals surface area contributed by atoms with Gasteiger partial charge in [0, 0.05) is 18.9 Å². The van der Waals surface area contributed by atoms with Crippen LogP contribution in [0.15, 0.2) is 18.5 Å². The second-order valence-corrected chi connectivity index (χ2v) is 5.90. The summed E-state index contributed by atoms with van der Waals surface area (Å²) >= 11 is 0. The van der Waals surface area contributed by atoms with Crippen LogP contribution in [0.5, 0.6) is 0 Å². The van der Waals surface area contributed by atoms with Gasteiger partial charge in [-0.05, 0) is 25.3 Å². The van der Waals surface area contributed by atoms with Crippen molar-refractivity contribution in [3.63, 3.8) is 0 Å². The molecule has 0 aliphatic rings. The van der Waals surface area contributed by atoms with E-state index in [1.54, 1.807) is 23.8 Å². The number of carboxylic acid groups (broad SMARTS) is 1. The van der Waals surface area contributed by atoms with Crippen molar-refractivity contribution in [1.82, 2.24) is 14.6 Å². The van der Waals surface area contributed by atoms with Gasteiger partial charge in [0.2, 0.25) is 0 Å². The van der Waals surface area contributed by atoms with E-state index in [1.165, 1.54) is 0 Å². The number of aromatic nitrogens is 3. The number of nitrogens with zero attached hydrogens (tertiary/aromatic N) is 3. The lowest BCUT2D eigenvalue weighted by Gasteiger charge is -2.23. The van der Waals surface area contributed by atoms with Crippen LogP contribution in [0.2, 0.25) is 0 Å². The molecular formula is C15H22N4O2. The summed E-state index contributed by atoms with van der Waals surface area (Å²) in [5.74, 6) is 0.191. The van der Waals surface area contributed by atoms with Crippen molar-refractivity contribution in [3.05, 3.63) is 24.2 Å². The van der Waals surface area contributed by atoms with Crippen molar-refractivity contribution in [1.29, 1.82) is 0 Å². The lowest BCUT2D eigenvalue weighted by Crippen LogP contribution is -2.34. The number of aliphatic carboxylic acids is 1. The second-order valence-electron chi connectivity index (χ2n) is 5.90. The average molecular weight is 290 g/mol. The fraction of sp³-hybridized carbons (Fsp3) is 0.533. The van der Waals surface area contributed by atoms with E-state index in [9.17, 15) is 9.90 Å². The first-order chi connectivity index (χ1) is 9.87. The number of carboxylic acids is 1. The molecule has 2 rings (SSSR count). The number of anilines is 1. The lowest BCUT2D eigenvalue weighted by atomic mass is 9.88. The molecule has 0 aliphatic carbocycles. The van der Waals surface area contributed by atoms with Gasteiger partial charge in [0.25, 0.3) is 0 Å². The minimum absolute atomic E-state index is 0.327. The number of carbonyl (C=O) groups is 1. The maximum atomic E-state index is 11.4. The zero-order valence-electron chi connectivity index (χ0n) is 12.9. The van der Waals surface area contributed by atoms with E-state index in [2.05, 4.69) is 29.2 Å². The highest BCUT2D eigenvalue weighted by molar-refractivity contribution is 5.76. The van der Waals surface area contributed by atoms with Gasteiger partial charge >= 0.3 is 5.97 Å². The van der Waals surface area contributed by atoms with Gasteiger partial charge in [-0.15, -0.1) is 0 Å². The Morgan fingerprint density at radius 2 is 2.24 bits per heavy atom. The molecule has 2 aromatic heterocycles. The van der Waals surface area contributed by atoms with Crippen molar-refractivity contribution in [3.8, 4) is 0 Å². The summed E-state index contributed by atoms with van der Waals surface area (Å²) in [5, 5.41) is 17.0. The molecule has 0 fully saturated rings. The van der Waals surface area contributed by atoms with Gasteiger partial charge in [-0.3, -0.25) is 4.79 Å². The Morgan fingerprint density at radius 3 is 2.81 bits per heavy atom. The summed E-state index contributed by atoms with van der Waals surface area (Å²) in [6.07, 6.45) is 4.01. The van der Waals surface area contributed by atoms with Crippen molar-refractivity contribution in [2.45, 2.75) is 40.0 Å². The monoisotopic (exact) mass is 290 g/mol. The fourth-order valence-electron chi connectivity index (χ4n) is 1.99. The van der Waals surface area contributed by atoms with Crippen LogP contribution >= 0.6 is 0 Å². The third kappa shape index (κ3) is 2.99. The van der Waals surface area contributed by atoms with E-state index in [0.29, 0.717) is 24.7 Å². The third-order valence-electron chi connectivity index (χ3n) is 3.94. The van der Waals surface area contributed by atoms with E-state index in [1.807, 2.05) is 13.0 Å². The molecule has 114 valence electrons. The topological polar surface area (TPSA) is 79.5 Å². The molecule has 2 N–H and O–H groups in total. The van der Waals surface area contributed by atoms with Crippen LogP contribution in [0.3, 0.4) is 0 Å². The van der Waals surface area contributed by atoms with Crippen LogP contribution < -0.4 is 5.32 Å². The molecule has 0 aromatic carbocycles. The third-order valence-corrected chi connectivity index (χ3v) is 3.94. The number of hydrogen-bond donors (Lipinski definition) is 2. The molecule has 0 bridgehead atoms. The number of nitrogens with one attached hydrogen (secondary N) is 1. The number of hydrogen-bond acceptors (Lipinski definition) is 4. The minimum atomic E-state index is -0.810. The smallest absolute Gasteiger partial charge is 0.311 e. The largest absolute Gasteiger partial charge is 0.481 e. The van der Waals surface area contributed by atoms with Gasteiger partial charge < -0.3 is 10.4 Å². The van der Waals surface area contributed by atoms with Crippen molar-refractivity contribution >= 4 is 17.3 Å². The molecule has 0 radical (unpaired) electrons. The molecule has 2 heterocycles. The van der Waals surface area contributed by atoms with Crippen molar-refractivity contribution in [2.24, 2.45) is 5.41 Å². The molecule has 6 nitrogen and oxygen atoms in total. The molecule has 0 saturated carbocycles. The molecule has 2 aromatic rings. The standard InChI is InChI=1S/C15H22N4O2/c1-5-15(4,14(20)21)9-17-13-12-8-11(10(2)3)18-19(12)7-6-16-13/h6-8,10H,5,9H2,1-4H3,(H,16,17)(H,20,21). The zero-order chi connectivity index (χ0) is 15.6. The van der Waals surface area contributed by atoms with Gasteiger partial charge in [0.1, 0.15) is 5.52 Å². The number of rotatable bonds is 6.